The van der Waals surface area contributed by atoms with Gasteiger partial charge in [-0.05, 0) is 43.9 Å². The Morgan fingerprint density at radius 2 is 2.04 bits per heavy atom. The number of para-hydroxylation sites is 1. The molecule has 1 aliphatic heterocycles. The normalized spacial score (nSPS) is 16.9. The van der Waals surface area contributed by atoms with Gasteiger partial charge in [0, 0.05) is 32.7 Å². The van der Waals surface area contributed by atoms with Gasteiger partial charge in [0.1, 0.15) is 5.75 Å². The predicted molar refractivity (Wildman–Crippen MR) is 101 cm³/mol. The smallest absolute Gasteiger partial charge is 0.191 e. The number of hydrogen-bond donors (Lipinski definition) is 2. The second-order valence-electron chi connectivity index (χ2n) is 6.32. The summed E-state index contributed by atoms with van der Waals surface area (Å²) in [6.45, 7) is 6.68. The van der Waals surface area contributed by atoms with Gasteiger partial charge in [0.15, 0.2) is 5.96 Å². The minimum atomic E-state index is 0.524. The first-order valence-corrected chi connectivity index (χ1v) is 9.08. The maximum atomic E-state index is 5.40. The Hall–Kier alpha value is -1.75. The molecule has 2 N–H and O–H groups in total. The summed E-state index contributed by atoms with van der Waals surface area (Å²) in [5.41, 5.74) is 1.22. The van der Waals surface area contributed by atoms with Crippen molar-refractivity contribution < 1.29 is 4.74 Å². The molecule has 0 aliphatic carbocycles. The number of nitrogens with one attached hydrogen (secondary N) is 2. The molecule has 1 fully saturated rings. The molecule has 2 rings (SSSR count). The third kappa shape index (κ3) is 5.71. The molecule has 1 aromatic carbocycles. The van der Waals surface area contributed by atoms with Gasteiger partial charge in [0.05, 0.1) is 7.11 Å². The van der Waals surface area contributed by atoms with E-state index in [-0.39, 0.29) is 0 Å². The highest BCUT2D eigenvalue weighted by atomic mass is 16.5. The Morgan fingerprint density at radius 3 is 2.71 bits per heavy atom. The van der Waals surface area contributed by atoms with Crippen LogP contribution in [0.3, 0.4) is 0 Å². The topological polar surface area (TPSA) is 48.9 Å². The fourth-order valence-electron chi connectivity index (χ4n) is 3.23. The van der Waals surface area contributed by atoms with Crippen LogP contribution in [0.1, 0.15) is 31.7 Å². The van der Waals surface area contributed by atoms with Crippen molar-refractivity contribution in [1.82, 2.24) is 15.5 Å². The SMILES string of the molecule is CCCN1CCC(NC(=NC)NCCc2ccccc2OC)CC1. The number of rotatable bonds is 7. The molecular formula is C19H32N4O. The molecule has 0 bridgehead atoms. The molecule has 1 saturated heterocycles. The number of hydrogen-bond acceptors (Lipinski definition) is 3. The number of guanidine groups is 1. The standard InChI is InChI=1S/C19H32N4O/c1-4-13-23-14-10-17(11-15-23)22-19(20-2)21-12-9-16-7-5-6-8-18(16)24-3/h5-8,17H,4,9-15H2,1-3H3,(H2,20,21,22). The third-order valence-electron chi connectivity index (χ3n) is 4.57. The zero-order valence-corrected chi connectivity index (χ0v) is 15.3. The summed E-state index contributed by atoms with van der Waals surface area (Å²) >= 11 is 0. The van der Waals surface area contributed by atoms with Crippen LogP contribution in [0.5, 0.6) is 5.75 Å². The van der Waals surface area contributed by atoms with Crippen molar-refractivity contribution in [2.45, 2.75) is 38.6 Å². The van der Waals surface area contributed by atoms with E-state index in [0.717, 1.165) is 24.7 Å². The highest BCUT2D eigenvalue weighted by Crippen LogP contribution is 2.17. The van der Waals surface area contributed by atoms with Crippen molar-refractivity contribution in [3.63, 3.8) is 0 Å². The molecule has 24 heavy (non-hydrogen) atoms. The summed E-state index contributed by atoms with van der Waals surface area (Å²) in [5.74, 6) is 1.85. The number of piperidine rings is 1. The summed E-state index contributed by atoms with van der Waals surface area (Å²) in [5, 5.41) is 6.99. The summed E-state index contributed by atoms with van der Waals surface area (Å²) in [7, 11) is 3.56. The molecule has 0 atom stereocenters. The van der Waals surface area contributed by atoms with Gasteiger partial charge in [-0.25, -0.2) is 0 Å². The molecule has 1 aromatic rings. The van der Waals surface area contributed by atoms with Crippen molar-refractivity contribution in [3.8, 4) is 5.75 Å². The number of benzene rings is 1. The van der Waals surface area contributed by atoms with E-state index >= 15 is 0 Å². The summed E-state index contributed by atoms with van der Waals surface area (Å²) in [6, 6.07) is 8.69. The summed E-state index contributed by atoms with van der Waals surface area (Å²) in [6.07, 6.45) is 4.53. The van der Waals surface area contributed by atoms with E-state index in [2.05, 4.69) is 39.6 Å². The van der Waals surface area contributed by atoms with Gasteiger partial charge in [0.25, 0.3) is 0 Å². The second kappa shape index (κ2) is 10.2. The first kappa shape index (κ1) is 18.6. The van der Waals surface area contributed by atoms with E-state index in [0.29, 0.717) is 6.04 Å². The van der Waals surface area contributed by atoms with Crippen LogP contribution in [0, 0.1) is 0 Å². The zero-order valence-electron chi connectivity index (χ0n) is 15.3. The average molecular weight is 332 g/mol. The van der Waals surface area contributed by atoms with Crippen LogP contribution < -0.4 is 15.4 Å². The fraction of sp³-hybridized carbons (Fsp3) is 0.632. The minimum absolute atomic E-state index is 0.524. The van der Waals surface area contributed by atoms with E-state index < -0.39 is 0 Å². The van der Waals surface area contributed by atoms with Crippen LogP contribution in [-0.2, 0) is 6.42 Å². The highest BCUT2D eigenvalue weighted by molar-refractivity contribution is 5.79. The Balaban J connectivity index is 1.73. The third-order valence-corrected chi connectivity index (χ3v) is 4.57. The van der Waals surface area contributed by atoms with E-state index in [1.54, 1.807) is 7.11 Å². The number of methoxy groups -OCH3 is 1. The molecule has 1 heterocycles. The lowest BCUT2D eigenvalue weighted by Crippen LogP contribution is -2.49. The Bertz CT molecular complexity index is 510. The molecule has 0 amide bonds. The summed E-state index contributed by atoms with van der Waals surface area (Å²) < 4.78 is 5.40. The van der Waals surface area contributed by atoms with E-state index in [9.17, 15) is 0 Å². The first-order chi connectivity index (χ1) is 11.8. The van der Waals surface area contributed by atoms with E-state index in [1.165, 1.54) is 44.5 Å². The quantitative estimate of drug-likeness (QED) is 0.594. The summed E-state index contributed by atoms with van der Waals surface area (Å²) in [4.78, 5) is 6.91. The van der Waals surface area contributed by atoms with Crippen LogP contribution >= 0.6 is 0 Å². The number of likely N-dealkylation sites (tertiary alicyclic amines) is 1. The van der Waals surface area contributed by atoms with Crippen molar-refractivity contribution >= 4 is 5.96 Å². The largest absolute Gasteiger partial charge is 0.496 e. The van der Waals surface area contributed by atoms with Crippen LogP contribution in [0.15, 0.2) is 29.3 Å². The monoisotopic (exact) mass is 332 g/mol. The van der Waals surface area contributed by atoms with Gasteiger partial charge in [-0.1, -0.05) is 25.1 Å². The lowest BCUT2D eigenvalue weighted by atomic mass is 10.1. The Labute approximate surface area is 146 Å². The van der Waals surface area contributed by atoms with Crippen LogP contribution in [0.25, 0.3) is 0 Å². The van der Waals surface area contributed by atoms with Gasteiger partial charge in [-0.3, -0.25) is 4.99 Å². The fourth-order valence-corrected chi connectivity index (χ4v) is 3.23. The van der Waals surface area contributed by atoms with Crippen molar-refractivity contribution in [1.29, 1.82) is 0 Å². The average Bonchev–Trinajstić information content (AvgIpc) is 2.63. The maximum Gasteiger partial charge on any atom is 0.191 e. The molecular weight excluding hydrogens is 300 g/mol. The lowest BCUT2D eigenvalue weighted by molar-refractivity contribution is 0.206. The van der Waals surface area contributed by atoms with E-state index in [1.807, 2.05) is 19.2 Å². The van der Waals surface area contributed by atoms with Crippen molar-refractivity contribution in [3.05, 3.63) is 29.8 Å². The molecule has 0 unspecified atom stereocenters. The van der Waals surface area contributed by atoms with Crippen molar-refractivity contribution in [2.24, 2.45) is 4.99 Å². The van der Waals surface area contributed by atoms with Gasteiger partial charge in [-0.2, -0.15) is 0 Å². The number of ether oxygens (including phenoxy) is 1. The van der Waals surface area contributed by atoms with Crippen LogP contribution in [0.4, 0.5) is 0 Å². The van der Waals surface area contributed by atoms with E-state index in [4.69, 9.17) is 4.74 Å². The minimum Gasteiger partial charge on any atom is -0.496 e. The molecule has 5 heteroatoms. The molecule has 0 radical (unpaired) electrons. The number of nitrogens with zero attached hydrogens (tertiary/aromatic N) is 2. The molecule has 134 valence electrons. The Morgan fingerprint density at radius 1 is 1.29 bits per heavy atom. The number of aliphatic imine (C=N–C) groups is 1. The maximum absolute atomic E-state index is 5.40. The van der Waals surface area contributed by atoms with Crippen molar-refractivity contribution in [2.75, 3.05) is 40.3 Å². The molecule has 0 spiro atoms. The second-order valence-corrected chi connectivity index (χ2v) is 6.32. The van der Waals surface area contributed by atoms with Gasteiger partial charge >= 0.3 is 0 Å². The van der Waals surface area contributed by atoms with Gasteiger partial charge in [0.2, 0.25) is 0 Å². The lowest BCUT2D eigenvalue weighted by Gasteiger charge is -2.32. The molecule has 5 nitrogen and oxygen atoms in total. The predicted octanol–water partition coefficient (Wildman–Crippen LogP) is 2.28. The molecule has 0 saturated carbocycles. The van der Waals surface area contributed by atoms with Crippen LogP contribution in [0.2, 0.25) is 0 Å². The van der Waals surface area contributed by atoms with Gasteiger partial charge in [-0.15, -0.1) is 0 Å². The highest BCUT2D eigenvalue weighted by Gasteiger charge is 2.19. The first-order valence-electron chi connectivity index (χ1n) is 9.08. The van der Waals surface area contributed by atoms with Gasteiger partial charge < -0.3 is 20.3 Å². The molecule has 1 aliphatic rings. The Kier molecular flexibility index (Phi) is 7.89. The zero-order chi connectivity index (χ0) is 17.2. The van der Waals surface area contributed by atoms with Crippen LogP contribution in [-0.4, -0.2) is 57.2 Å². The molecule has 0 aromatic heterocycles.